The maximum absolute atomic E-state index is 13.0. The average molecular weight is 611 g/mol. The number of nitrogens with one attached hydrogen (secondary N) is 1. The van der Waals surface area contributed by atoms with Crippen molar-refractivity contribution in [3.05, 3.63) is 87.5 Å². The molecule has 1 aliphatic rings. The maximum Gasteiger partial charge on any atom is 0.328 e. The highest BCUT2D eigenvalue weighted by Gasteiger charge is 2.54. The SMILES string of the molecule is Cc1cn([C@H]2C[C@H](O[Si](c3ccccc3)(c3ccccc3)C(C)(C)C)[C@@H](CO[Si](C)(C)C(C)(C)C)O2)c(=O)[nH]c1=S. The summed E-state index contributed by atoms with van der Waals surface area (Å²) >= 11 is 5.32. The number of hydrogen-bond acceptors (Lipinski definition) is 5. The second-order valence-electron chi connectivity index (χ2n) is 13.7. The molecule has 1 saturated heterocycles. The molecule has 222 valence electrons. The monoisotopic (exact) mass is 610 g/mol. The van der Waals surface area contributed by atoms with Gasteiger partial charge < -0.3 is 13.6 Å². The van der Waals surface area contributed by atoms with Gasteiger partial charge in [0.1, 0.15) is 17.0 Å². The molecule has 6 nitrogen and oxygen atoms in total. The van der Waals surface area contributed by atoms with Gasteiger partial charge in [-0.3, -0.25) is 9.55 Å². The maximum atomic E-state index is 13.0. The Morgan fingerprint density at radius 3 is 1.98 bits per heavy atom. The van der Waals surface area contributed by atoms with Gasteiger partial charge in [-0.2, -0.15) is 0 Å². The van der Waals surface area contributed by atoms with Gasteiger partial charge >= 0.3 is 5.69 Å². The van der Waals surface area contributed by atoms with Crippen molar-refractivity contribution in [3.8, 4) is 0 Å². The fraction of sp³-hybridized carbons (Fsp3) is 0.500. The first-order chi connectivity index (χ1) is 19.1. The molecule has 3 aromatic rings. The van der Waals surface area contributed by atoms with Crippen LogP contribution in [-0.2, 0) is 13.6 Å². The van der Waals surface area contributed by atoms with Crippen LogP contribution >= 0.6 is 12.2 Å². The second kappa shape index (κ2) is 11.9. The Hall–Kier alpha value is -2.15. The van der Waals surface area contributed by atoms with Crippen molar-refractivity contribution in [1.29, 1.82) is 0 Å². The van der Waals surface area contributed by atoms with E-state index in [1.54, 1.807) is 10.8 Å². The lowest BCUT2D eigenvalue weighted by atomic mass is 10.2. The molecule has 0 spiro atoms. The number of nitrogens with zero attached hydrogens (tertiary/aromatic N) is 1. The molecule has 1 aromatic heterocycles. The summed E-state index contributed by atoms with van der Waals surface area (Å²) in [7, 11) is -4.93. The second-order valence-corrected chi connectivity index (χ2v) is 23.2. The van der Waals surface area contributed by atoms with Crippen molar-refractivity contribution in [2.24, 2.45) is 0 Å². The molecular formula is C32H46N2O4SSi2. The van der Waals surface area contributed by atoms with Gasteiger partial charge in [-0.15, -0.1) is 0 Å². The molecule has 2 aromatic carbocycles. The van der Waals surface area contributed by atoms with Crippen molar-refractivity contribution < 1.29 is 13.6 Å². The van der Waals surface area contributed by atoms with Crippen LogP contribution in [0.2, 0.25) is 23.2 Å². The minimum Gasteiger partial charge on any atom is -0.414 e. The first-order valence-corrected chi connectivity index (χ1v) is 19.7. The molecule has 9 heteroatoms. The molecule has 3 atom stereocenters. The Bertz CT molecular complexity index is 1400. The number of benzene rings is 2. The Kier molecular flexibility index (Phi) is 9.19. The van der Waals surface area contributed by atoms with Crippen LogP contribution in [0.25, 0.3) is 0 Å². The number of rotatable bonds is 8. The van der Waals surface area contributed by atoms with E-state index in [1.807, 2.05) is 6.92 Å². The number of H-pyrrole nitrogens is 1. The molecule has 0 aliphatic carbocycles. The molecule has 2 heterocycles. The lowest BCUT2D eigenvalue weighted by Crippen LogP contribution is -2.68. The summed E-state index contributed by atoms with van der Waals surface area (Å²) in [4.78, 5) is 15.8. The van der Waals surface area contributed by atoms with Crippen LogP contribution in [0.3, 0.4) is 0 Å². The van der Waals surface area contributed by atoms with Gasteiger partial charge in [-0.1, -0.05) is 114 Å². The van der Waals surface area contributed by atoms with Gasteiger partial charge in [0.15, 0.2) is 8.32 Å². The van der Waals surface area contributed by atoms with Gasteiger partial charge in [0.25, 0.3) is 8.32 Å². The molecule has 41 heavy (non-hydrogen) atoms. The molecule has 0 radical (unpaired) electrons. The lowest BCUT2D eigenvalue weighted by molar-refractivity contribution is -0.0408. The Morgan fingerprint density at radius 2 is 1.49 bits per heavy atom. The van der Waals surface area contributed by atoms with E-state index in [2.05, 4.69) is 120 Å². The fourth-order valence-electron chi connectivity index (χ4n) is 5.37. The van der Waals surface area contributed by atoms with Gasteiger partial charge in [0.2, 0.25) is 0 Å². The van der Waals surface area contributed by atoms with Crippen molar-refractivity contribution in [2.45, 2.75) is 96.5 Å². The van der Waals surface area contributed by atoms with E-state index in [0.29, 0.717) is 17.7 Å². The predicted molar refractivity (Wildman–Crippen MR) is 175 cm³/mol. The highest BCUT2D eigenvalue weighted by molar-refractivity contribution is 7.71. The van der Waals surface area contributed by atoms with Crippen LogP contribution in [0.4, 0.5) is 0 Å². The zero-order chi connectivity index (χ0) is 30.2. The third kappa shape index (κ3) is 6.45. The van der Waals surface area contributed by atoms with Crippen LogP contribution in [0, 0.1) is 11.6 Å². The summed E-state index contributed by atoms with van der Waals surface area (Å²) in [5.74, 6) is 0. The number of hydrogen-bond donors (Lipinski definition) is 1. The van der Waals surface area contributed by atoms with E-state index < -0.39 is 22.9 Å². The number of ether oxygens (including phenoxy) is 1. The van der Waals surface area contributed by atoms with Crippen molar-refractivity contribution >= 4 is 39.2 Å². The summed E-state index contributed by atoms with van der Waals surface area (Å²) in [6.45, 7) is 20.4. The molecule has 0 amide bonds. The standard InChI is InChI=1S/C32H46N2O4SSi2/c1-23-21-34(30(35)33-29(23)39)28-20-26(27(37-28)22-36-40(8,9)31(2,3)4)38-41(32(5,6)7,24-16-12-10-13-17-24)25-18-14-11-15-19-25/h10-19,21,26-28H,20,22H2,1-9H3,(H,33,35,39)/t26-,27+,28+/m0/s1. The van der Waals surface area contributed by atoms with Crippen LogP contribution in [0.1, 0.15) is 59.8 Å². The van der Waals surface area contributed by atoms with Gasteiger partial charge in [0.05, 0.1) is 12.7 Å². The first-order valence-electron chi connectivity index (χ1n) is 14.5. The first kappa shape index (κ1) is 31.8. The van der Waals surface area contributed by atoms with E-state index in [9.17, 15) is 4.79 Å². The predicted octanol–water partition coefficient (Wildman–Crippen LogP) is 6.47. The summed E-state index contributed by atoms with van der Waals surface area (Å²) in [5, 5.41) is 2.29. The third-order valence-corrected chi connectivity index (χ3v) is 18.8. The van der Waals surface area contributed by atoms with Crippen molar-refractivity contribution in [3.63, 3.8) is 0 Å². The minimum atomic E-state index is -2.87. The lowest BCUT2D eigenvalue weighted by Gasteiger charge is -2.45. The summed E-state index contributed by atoms with van der Waals surface area (Å²) in [5.41, 5.74) is 0.550. The van der Waals surface area contributed by atoms with Crippen molar-refractivity contribution in [1.82, 2.24) is 9.55 Å². The van der Waals surface area contributed by atoms with Crippen LogP contribution in [-0.4, -0.2) is 45.0 Å². The molecule has 0 unspecified atom stereocenters. The van der Waals surface area contributed by atoms with E-state index in [4.69, 9.17) is 25.8 Å². The quantitative estimate of drug-likeness (QED) is 0.234. The summed E-state index contributed by atoms with van der Waals surface area (Å²) in [6, 6.07) is 21.3. The molecule has 1 aliphatic heterocycles. The van der Waals surface area contributed by atoms with Crippen LogP contribution in [0.5, 0.6) is 0 Å². The molecule has 4 rings (SSSR count). The third-order valence-electron chi connectivity index (χ3n) is 8.80. The smallest absolute Gasteiger partial charge is 0.328 e. The molecule has 0 bridgehead atoms. The number of aromatic nitrogens is 2. The largest absolute Gasteiger partial charge is 0.414 e. The van der Waals surface area contributed by atoms with E-state index in [-0.39, 0.29) is 28.0 Å². The summed E-state index contributed by atoms with van der Waals surface area (Å²) < 4.78 is 23.0. The Labute approximate surface area is 252 Å². The average Bonchev–Trinajstić information content (AvgIpc) is 3.30. The van der Waals surface area contributed by atoms with Crippen molar-refractivity contribution in [2.75, 3.05) is 6.61 Å². The molecular weight excluding hydrogens is 565 g/mol. The van der Waals surface area contributed by atoms with E-state index in [0.717, 1.165) is 5.56 Å². The number of aromatic amines is 1. The minimum absolute atomic E-state index is 0.0572. The zero-order valence-electron chi connectivity index (χ0n) is 26.0. The van der Waals surface area contributed by atoms with Crippen LogP contribution in [0.15, 0.2) is 71.7 Å². The fourth-order valence-corrected chi connectivity index (χ4v) is 11.2. The highest BCUT2D eigenvalue weighted by atomic mass is 32.1. The normalized spacial score (nSPS) is 20.4. The molecule has 1 fully saturated rings. The highest BCUT2D eigenvalue weighted by Crippen LogP contribution is 2.42. The van der Waals surface area contributed by atoms with E-state index in [1.165, 1.54) is 10.4 Å². The molecule has 0 saturated carbocycles. The van der Waals surface area contributed by atoms with Gasteiger partial charge in [-0.25, -0.2) is 4.79 Å². The van der Waals surface area contributed by atoms with Gasteiger partial charge in [-0.05, 0) is 40.5 Å². The summed E-state index contributed by atoms with van der Waals surface area (Å²) in [6.07, 6.45) is 1.20. The molecule has 1 N–H and O–H groups in total. The zero-order valence-corrected chi connectivity index (χ0v) is 28.8. The Balaban J connectivity index is 1.81. The van der Waals surface area contributed by atoms with Gasteiger partial charge in [0, 0.05) is 18.2 Å². The number of aryl methyl sites for hydroxylation is 1. The van der Waals surface area contributed by atoms with Crippen LogP contribution < -0.4 is 16.1 Å². The Morgan fingerprint density at radius 1 is 0.951 bits per heavy atom. The van der Waals surface area contributed by atoms with E-state index >= 15 is 0 Å². The topological polar surface area (TPSA) is 65.5 Å².